The predicted molar refractivity (Wildman–Crippen MR) is 61.9 cm³/mol. The number of benzene rings is 1. The lowest BCUT2D eigenvalue weighted by Crippen LogP contribution is -2.37. The van der Waals surface area contributed by atoms with Crippen molar-refractivity contribution in [2.45, 2.75) is 0 Å². The maximum Gasteiger partial charge on any atom is 0.175 e. The number of pyridine rings is 1. The number of nitrogens with one attached hydrogen (secondary N) is 2. The van der Waals surface area contributed by atoms with Crippen molar-refractivity contribution in [3.05, 3.63) is 42.6 Å². The Kier molecular flexibility index (Phi) is 1.31. The molecule has 0 radical (unpaired) electrons. The number of aromatic nitrogens is 1. The summed E-state index contributed by atoms with van der Waals surface area (Å²) >= 11 is 0. The van der Waals surface area contributed by atoms with Crippen molar-refractivity contribution in [3.8, 4) is 0 Å². The molecule has 3 heterocycles. The minimum atomic E-state index is 0.917. The molecule has 5 heteroatoms. The molecular formula is C11H9N5. The fraction of sp³-hybridized carbons (Fsp3) is 0. The highest BCUT2D eigenvalue weighted by Crippen LogP contribution is 2.44. The normalized spacial score (nSPS) is 16.1. The van der Waals surface area contributed by atoms with E-state index in [0.717, 1.165) is 22.9 Å². The highest BCUT2D eigenvalue weighted by Gasteiger charge is 2.36. The van der Waals surface area contributed by atoms with Crippen LogP contribution in [0.15, 0.2) is 42.6 Å². The fourth-order valence-electron chi connectivity index (χ4n) is 2.08. The quantitative estimate of drug-likeness (QED) is 0.698. The Labute approximate surface area is 92.2 Å². The van der Waals surface area contributed by atoms with Gasteiger partial charge in [-0.2, -0.15) is 0 Å². The first-order valence-corrected chi connectivity index (χ1v) is 5.11. The van der Waals surface area contributed by atoms with E-state index in [9.17, 15) is 0 Å². The average Bonchev–Trinajstić information content (AvgIpc) is 2.83. The van der Waals surface area contributed by atoms with Gasteiger partial charge in [0.25, 0.3) is 0 Å². The molecule has 0 atom stereocenters. The minimum absolute atomic E-state index is 0.917. The number of hydrogen-bond donors (Lipinski definition) is 2. The number of anilines is 4. The van der Waals surface area contributed by atoms with Crippen LogP contribution in [0.3, 0.4) is 0 Å². The first-order valence-electron chi connectivity index (χ1n) is 5.11. The Hall–Kier alpha value is -2.27. The molecule has 2 N–H and O–H groups in total. The van der Waals surface area contributed by atoms with E-state index in [4.69, 9.17) is 0 Å². The molecule has 1 aromatic heterocycles. The van der Waals surface area contributed by atoms with Crippen molar-refractivity contribution in [1.82, 2.24) is 10.2 Å². The molecule has 5 nitrogen and oxygen atoms in total. The highest BCUT2D eigenvalue weighted by atomic mass is 16.0. The summed E-state index contributed by atoms with van der Waals surface area (Å²) in [6, 6.07) is 12.1. The molecule has 78 valence electrons. The lowest BCUT2D eigenvalue weighted by molar-refractivity contribution is 0.445. The molecular weight excluding hydrogens is 202 g/mol. The molecule has 16 heavy (non-hydrogen) atoms. The molecule has 2 aliphatic rings. The van der Waals surface area contributed by atoms with Crippen LogP contribution in [-0.2, 0) is 0 Å². The van der Waals surface area contributed by atoms with Gasteiger partial charge < -0.3 is 0 Å². The molecule has 0 saturated carbocycles. The van der Waals surface area contributed by atoms with Crippen LogP contribution in [0.25, 0.3) is 0 Å². The largest absolute Gasteiger partial charge is 0.280 e. The number of hydrazine groups is 3. The SMILES string of the molecule is c1ccc2c(c1)NN1Nc3cccnc3N21. The monoisotopic (exact) mass is 211 g/mol. The first-order chi connectivity index (χ1) is 7.93. The van der Waals surface area contributed by atoms with E-state index in [1.165, 1.54) is 0 Å². The van der Waals surface area contributed by atoms with Crippen LogP contribution in [0.4, 0.5) is 22.9 Å². The second-order valence-corrected chi connectivity index (χ2v) is 3.74. The lowest BCUT2D eigenvalue weighted by atomic mass is 10.2. The fourth-order valence-corrected chi connectivity index (χ4v) is 2.08. The maximum atomic E-state index is 4.38. The van der Waals surface area contributed by atoms with Crippen LogP contribution >= 0.6 is 0 Å². The molecule has 2 aliphatic heterocycles. The minimum Gasteiger partial charge on any atom is -0.280 e. The Morgan fingerprint density at radius 3 is 2.75 bits per heavy atom. The first kappa shape index (κ1) is 7.95. The van der Waals surface area contributed by atoms with E-state index >= 15 is 0 Å². The van der Waals surface area contributed by atoms with Gasteiger partial charge in [0.1, 0.15) is 0 Å². The van der Waals surface area contributed by atoms with Crippen molar-refractivity contribution in [2.75, 3.05) is 15.9 Å². The Morgan fingerprint density at radius 2 is 1.75 bits per heavy atom. The van der Waals surface area contributed by atoms with Gasteiger partial charge in [0.2, 0.25) is 0 Å². The van der Waals surface area contributed by atoms with Crippen molar-refractivity contribution in [2.24, 2.45) is 0 Å². The van der Waals surface area contributed by atoms with Crippen LogP contribution < -0.4 is 15.9 Å². The van der Waals surface area contributed by atoms with E-state index in [-0.39, 0.29) is 0 Å². The number of hydrogen-bond acceptors (Lipinski definition) is 5. The van der Waals surface area contributed by atoms with Crippen LogP contribution in [0.1, 0.15) is 0 Å². The van der Waals surface area contributed by atoms with Crippen LogP contribution in [0.5, 0.6) is 0 Å². The van der Waals surface area contributed by atoms with Gasteiger partial charge in [-0.25, -0.2) is 9.99 Å². The Bertz CT molecular complexity index is 518. The molecule has 1 aromatic carbocycles. The molecule has 2 aromatic rings. The van der Waals surface area contributed by atoms with Crippen molar-refractivity contribution >= 4 is 22.9 Å². The molecule has 0 saturated heterocycles. The average molecular weight is 211 g/mol. The third-order valence-electron chi connectivity index (χ3n) is 2.77. The van der Waals surface area contributed by atoms with Gasteiger partial charge in [-0.3, -0.25) is 10.9 Å². The third kappa shape index (κ3) is 0.856. The topological polar surface area (TPSA) is 43.4 Å². The summed E-state index contributed by atoms with van der Waals surface area (Å²) in [6.07, 6.45) is 1.80. The standard InChI is InChI=1S/C11H9N5/c1-2-6-10-8(4-1)13-16-14-9-5-3-7-12-11(9)15(10)16/h1-7,13-14H. The molecule has 0 fully saturated rings. The summed E-state index contributed by atoms with van der Waals surface area (Å²) in [5.74, 6) is 0.917. The Morgan fingerprint density at radius 1 is 0.938 bits per heavy atom. The van der Waals surface area contributed by atoms with Crippen LogP contribution in [-0.4, -0.2) is 10.2 Å². The number of para-hydroxylation sites is 2. The lowest BCUT2D eigenvalue weighted by Gasteiger charge is -2.18. The molecule has 0 bridgehead atoms. The second-order valence-electron chi connectivity index (χ2n) is 3.74. The van der Waals surface area contributed by atoms with Gasteiger partial charge in [-0.15, -0.1) is 0 Å². The van der Waals surface area contributed by atoms with Crippen LogP contribution in [0, 0.1) is 0 Å². The molecule has 0 spiro atoms. The highest BCUT2D eigenvalue weighted by molar-refractivity contribution is 5.85. The van der Waals surface area contributed by atoms with E-state index in [1.54, 1.807) is 6.20 Å². The van der Waals surface area contributed by atoms with E-state index in [2.05, 4.69) is 21.9 Å². The zero-order chi connectivity index (χ0) is 10.5. The summed E-state index contributed by atoms with van der Waals surface area (Å²) < 4.78 is 0. The molecule has 0 unspecified atom stereocenters. The number of fused-ring (bicyclic) bond motifs is 5. The molecule has 0 amide bonds. The van der Waals surface area contributed by atoms with Gasteiger partial charge >= 0.3 is 0 Å². The van der Waals surface area contributed by atoms with Gasteiger partial charge in [0, 0.05) is 6.20 Å². The van der Waals surface area contributed by atoms with Crippen molar-refractivity contribution < 1.29 is 0 Å². The van der Waals surface area contributed by atoms with E-state index in [1.807, 2.05) is 40.6 Å². The zero-order valence-corrected chi connectivity index (χ0v) is 8.38. The third-order valence-corrected chi connectivity index (χ3v) is 2.77. The number of nitrogens with zero attached hydrogens (tertiary/aromatic N) is 3. The smallest absolute Gasteiger partial charge is 0.175 e. The summed E-state index contributed by atoms with van der Waals surface area (Å²) in [7, 11) is 0. The van der Waals surface area contributed by atoms with Gasteiger partial charge in [-0.05, 0) is 29.5 Å². The van der Waals surface area contributed by atoms with E-state index < -0.39 is 0 Å². The zero-order valence-electron chi connectivity index (χ0n) is 8.38. The summed E-state index contributed by atoms with van der Waals surface area (Å²) in [5, 5.41) is 3.85. The summed E-state index contributed by atoms with van der Waals surface area (Å²) in [4.78, 5) is 4.38. The Balaban J connectivity index is 1.93. The van der Waals surface area contributed by atoms with Crippen LogP contribution in [0.2, 0.25) is 0 Å². The number of rotatable bonds is 0. The van der Waals surface area contributed by atoms with Gasteiger partial charge in [0.15, 0.2) is 5.82 Å². The van der Waals surface area contributed by atoms with Gasteiger partial charge in [-0.1, -0.05) is 12.1 Å². The predicted octanol–water partition coefficient (Wildman–Crippen LogP) is 2.12. The van der Waals surface area contributed by atoms with Gasteiger partial charge in [0.05, 0.1) is 17.1 Å². The van der Waals surface area contributed by atoms with Crippen molar-refractivity contribution in [1.29, 1.82) is 0 Å². The summed E-state index contributed by atoms with van der Waals surface area (Å²) in [6.45, 7) is 0. The molecule has 4 rings (SSSR count). The maximum absolute atomic E-state index is 4.38. The second kappa shape index (κ2) is 2.65. The van der Waals surface area contributed by atoms with Crippen molar-refractivity contribution in [3.63, 3.8) is 0 Å². The molecule has 0 aliphatic carbocycles. The van der Waals surface area contributed by atoms with E-state index in [0.29, 0.717) is 0 Å². The summed E-state index contributed by atoms with van der Waals surface area (Å²) in [5.41, 5.74) is 9.66.